The van der Waals surface area contributed by atoms with E-state index in [1.807, 2.05) is 43.3 Å². The molecule has 1 N–H and O–H groups in total. The summed E-state index contributed by atoms with van der Waals surface area (Å²) < 4.78 is 0. The van der Waals surface area contributed by atoms with Crippen LogP contribution in [0, 0.1) is 18.3 Å². The number of aryl methyl sites for hydroxylation is 1. The Bertz CT molecular complexity index is 1130. The Kier molecular flexibility index (Phi) is 4.56. The van der Waals surface area contributed by atoms with E-state index in [4.69, 9.17) is 4.98 Å². The average Bonchev–Trinajstić information content (AvgIpc) is 3.13. The van der Waals surface area contributed by atoms with Gasteiger partial charge in [0, 0.05) is 17.5 Å². The summed E-state index contributed by atoms with van der Waals surface area (Å²) in [5.41, 5.74) is 4.78. The van der Waals surface area contributed by atoms with Gasteiger partial charge in [-0.2, -0.15) is 5.26 Å². The SMILES string of the molecule is Cc1cc(-c2sc(Nc3cccnc3)nc2-c2cccc(C#N)c2)ncn1. The van der Waals surface area contributed by atoms with Gasteiger partial charge in [-0.1, -0.05) is 23.5 Å². The first kappa shape index (κ1) is 16.8. The smallest absolute Gasteiger partial charge is 0.188 e. The summed E-state index contributed by atoms with van der Waals surface area (Å²) in [6, 6.07) is 15.3. The van der Waals surface area contributed by atoms with Gasteiger partial charge >= 0.3 is 0 Å². The monoisotopic (exact) mass is 370 g/mol. The Balaban J connectivity index is 1.83. The molecule has 0 aliphatic heterocycles. The number of hydrogen-bond donors (Lipinski definition) is 1. The second-order valence-corrected chi connectivity index (χ2v) is 6.80. The summed E-state index contributed by atoms with van der Waals surface area (Å²) in [5, 5.41) is 13.2. The number of thiazole rings is 1. The highest BCUT2D eigenvalue weighted by Gasteiger charge is 2.17. The number of nitrogens with one attached hydrogen (secondary N) is 1. The standard InChI is InChI=1S/C20H14N6S/c1-13-8-17(24-12-23-13)19-18(15-5-2-4-14(9-15)10-21)26-20(27-19)25-16-6-3-7-22-11-16/h2-9,11-12H,1H3,(H,25,26). The maximum absolute atomic E-state index is 9.22. The van der Waals surface area contributed by atoms with Gasteiger partial charge < -0.3 is 5.32 Å². The van der Waals surface area contributed by atoms with Crippen molar-refractivity contribution in [2.45, 2.75) is 6.92 Å². The van der Waals surface area contributed by atoms with E-state index < -0.39 is 0 Å². The number of hydrogen-bond acceptors (Lipinski definition) is 7. The fourth-order valence-corrected chi connectivity index (χ4v) is 3.59. The molecule has 0 aliphatic carbocycles. The molecule has 3 aromatic heterocycles. The van der Waals surface area contributed by atoms with Gasteiger partial charge in [0.25, 0.3) is 0 Å². The molecule has 3 heterocycles. The van der Waals surface area contributed by atoms with Crippen molar-refractivity contribution in [3.63, 3.8) is 0 Å². The number of nitrogens with zero attached hydrogens (tertiary/aromatic N) is 5. The predicted molar refractivity (Wildman–Crippen MR) is 106 cm³/mol. The number of pyridine rings is 1. The molecule has 7 heteroatoms. The molecule has 0 atom stereocenters. The zero-order valence-electron chi connectivity index (χ0n) is 14.4. The van der Waals surface area contributed by atoms with Crippen molar-refractivity contribution in [3.05, 3.63) is 72.4 Å². The number of rotatable bonds is 4. The lowest BCUT2D eigenvalue weighted by Gasteiger charge is -2.03. The van der Waals surface area contributed by atoms with E-state index in [1.165, 1.54) is 11.3 Å². The van der Waals surface area contributed by atoms with Gasteiger partial charge in [0.1, 0.15) is 6.33 Å². The van der Waals surface area contributed by atoms with Crippen LogP contribution < -0.4 is 5.32 Å². The summed E-state index contributed by atoms with van der Waals surface area (Å²) >= 11 is 1.50. The molecule has 0 unspecified atom stereocenters. The third-order valence-corrected chi connectivity index (χ3v) is 4.83. The Morgan fingerprint density at radius 1 is 1.11 bits per heavy atom. The van der Waals surface area contributed by atoms with Crippen LogP contribution in [0.1, 0.15) is 11.3 Å². The predicted octanol–water partition coefficient (Wildman–Crippen LogP) is 4.59. The molecule has 0 aliphatic rings. The van der Waals surface area contributed by atoms with E-state index in [-0.39, 0.29) is 0 Å². The minimum absolute atomic E-state index is 0.590. The van der Waals surface area contributed by atoms with Gasteiger partial charge in [-0.3, -0.25) is 4.98 Å². The van der Waals surface area contributed by atoms with E-state index in [0.717, 1.165) is 38.3 Å². The largest absolute Gasteiger partial charge is 0.330 e. The van der Waals surface area contributed by atoms with Gasteiger partial charge in [-0.15, -0.1) is 0 Å². The molecule has 27 heavy (non-hydrogen) atoms. The van der Waals surface area contributed by atoms with Crippen LogP contribution in [-0.2, 0) is 0 Å². The Labute approximate surface area is 160 Å². The molecule has 0 radical (unpaired) electrons. The average molecular weight is 370 g/mol. The first-order chi connectivity index (χ1) is 13.2. The summed E-state index contributed by atoms with van der Waals surface area (Å²) in [5.74, 6) is 0. The van der Waals surface area contributed by atoms with Gasteiger partial charge in [0.2, 0.25) is 0 Å². The van der Waals surface area contributed by atoms with Crippen LogP contribution in [0.4, 0.5) is 10.8 Å². The minimum Gasteiger partial charge on any atom is -0.330 e. The lowest BCUT2D eigenvalue weighted by Crippen LogP contribution is -1.90. The second-order valence-electron chi connectivity index (χ2n) is 5.80. The highest BCUT2D eigenvalue weighted by Crippen LogP contribution is 2.39. The molecule has 0 bridgehead atoms. The molecular weight excluding hydrogens is 356 g/mol. The number of nitriles is 1. The third kappa shape index (κ3) is 3.66. The summed E-state index contributed by atoms with van der Waals surface area (Å²) in [7, 11) is 0. The summed E-state index contributed by atoms with van der Waals surface area (Å²) in [6.45, 7) is 1.93. The van der Waals surface area contributed by atoms with E-state index in [9.17, 15) is 5.26 Å². The number of benzene rings is 1. The van der Waals surface area contributed by atoms with Crippen molar-refractivity contribution in [3.8, 4) is 27.9 Å². The molecule has 4 aromatic rings. The van der Waals surface area contributed by atoms with E-state index in [2.05, 4.69) is 26.3 Å². The lowest BCUT2D eigenvalue weighted by atomic mass is 10.1. The molecule has 1 aromatic carbocycles. The highest BCUT2D eigenvalue weighted by molar-refractivity contribution is 7.19. The molecule has 130 valence electrons. The maximum atomic E-state index is 9.22. The van der Waals surface area contributed by atoms with Gasteiger partial charge in [0.15, 0.2) is 5.13 Å². The highest BCUT2D eigenvalue weighted by atomic mass is 32.1. The lowest BCUT2D eigenvalue weighted by molar-refractivity contribution is 1.11. The van der Waals surface area contributed by atoms with Crippen molar-refractivity contribution >= 4 is 22.2 Å². The second kappa shape index (κ2) is 7.32. The topological polar surface area (TPSA) is 87.4 Å². The molecule has 4 rings (SSSR count). The molecule has 0 spiro atoms. The molecule has 0 saturated heterocycles. The van der Waals surface area contributed by atoms with Crippen molar-refractivity contribution in [1.29, 1.82) is 5.26 Å². The molecule has 0 saturated carbocycles. The van der Waals surface area contributed by atoms with Crippen LogP contribution in [0.25, 0.3) is 21.8 Å². The Hall–Kier alpha value is -3.63. The van der Waals surface area contributed by atoms with Crippen LogP contribution in [0.5, 0.6) is 0 Å². The molecule has 6 nitrogen and oxygen atoms in total. The first-order valence-electron chi connectivity index (χ1n) is 8.20. The van der Waals surface area contributed by atoms with Gasteiger partial charge in [-0.25, -0.2) is 15.0 Å². The quantitative estimate of drug-likeness (QED) is 0.565. The van der Waals surface area contributed by atoms with E-state index in [1.54, 1.807) is 24.8 Å². The molecule has 0 fully saturated rings. The Morgan fingerprint density at radius 2 is 2.04 bits per heavy atom. The third-order valence-electron chi connectivity index (χ3n) is 3.84. The van der Waals surface area contributed by atoms with Crippen molar-refractivity contribution in [2.75, 3.05) is 5.32 Å². The van der Waals surface area contributed by atoms with Crippen molar-refractivity contribution < 1.29 is 0 Å². The number of aromatic nitrogens is 4. The number of anilines is 2. The fraction of sp³-hybridized carbons (Fsp3) is 0.0500. The van der Waals surface area contributed by atoms with Crippen LogP contribution in [0.15, 0.2) is 61.2 Å². The normalized spacial score (nSPS) is 10.4. The van der Waals surface area contributed by atoms with Crippen LogP contribution in [0.3, 0.4) is 0 Å². The van der Waals surface area contributed by atoms with Crippen molar-refractivity contribution in [1.82, 2.24) is 19.9 Å². The zero-order chi connectivity index (χ0) is 18.6. The maximum Gasteiger partial charge on any atom is 0.188 e. The summed E-state index contributed by atoms with van der Waals surface area (Å²) in [6.07, 6.45) is 5.01. The Morgan fingerprint density at radius 3 is 2.81 bits per heavy atom. The molecular formula is C20H14N6S. The molecule has 0 amide bonds. The summed E-state index contributed by atoms with van der Waals surface area (Å²) in [4.78, 5) is 18.4. The van der Waals surface area contributed by atoms with Crippen molar-refractivity contribution in [2.24, 2.45) is 0 Å². The van der Waals surface area contributed by atoms with Crippen LogP contribution in [0.2, 0.25) is 0 Å². The van der Waals surface area contributed by atoms with Gasteiger partial charge in [-0.05, 0) is 37.3 Å². The van der Waals surface area contributed by atoms with E-state index >= 15 is 0 Å². The zero-order valence-corrected chi connectivity index (χ0v) is 15.2. The minimum atomic E-state index is 0.590. The van der Waals surface area contributed by atoms with Crippen LogP contribution >= 0.6 is 11.3 Å². The fourth-order valence-electron chi connectivity index (χ4n) is 2.62. The van der Waals surface area contributed by atoms with E-state index in [0.29, 0.717) is 5.56 Å². The van der Waals surface area contributed by atoms with Gasteiger partial charge in [0.05, 0.1) is 39.8 Å². The van der Waals surface area contributed by atoms with Crippen LogP contribution in [-0.4, -0.2) is 19.9 Å². The first-order valence-corrected chi connectivity index (χ1v) is 9.02.